The van der Waals surface area contributed by atoms with Gasteiger partial charge in [-0.3, -0.25) is 5.10 Å². The summed E-state index contributed by atoms with van der Waals surface area (Å²) in [6.07, 6.45) is 7.71. The highest BCUT2D eigenvalue weighted by molar-refractivity contribution is 7.91. The number of sulfone groups is 1. The third kappa shape index (κ3) is 2.60. The van der Waals surface area contributed by atoms with Gasteiger partial charge in [0.05, 0.1) is 16.8 Å². The molecule has 0 saturated heterocycles. The number of hydrogen-bond acceptors (Lipinski definition) is 6. The van der Waals surface area contributed by atoms with E-state index in [0.717, 1.165) is 24.6 Å². The molecule has 1 aliphatic rings. The first-order chi connectivity index (χ1) is 9.54. The Morgan fingerprint density at radius 2 is 2.20 bits per heavy atom. The first kappa shape index (κ1) is 13.3. The van der Waals surface area contributed by atoms with Crippen LogP contribution in [-0.4, -0.2) is 46.1 Å². The minimum atomic E-state index is -2.97. The third-order valence-electron chi connectivity index (χ3n) is 3.82. The fourth-order valence-corrected chi connectivity index (χ4v) is 3.91. The summed E-state index contributed by atoms with van der Waals surface area (Å²) in [7, 11) is -2.97. The summed E-state index contributed by atoms with van der Waals surface area (Å²) < 4.78 is 23.4. The van der Waals surface area contributed by atoms with Gasteiger partial charge in [0.2, 0.25) is 0 Å². The maximum absolute atomic E-state index is 11.7. The van der Waals surface area contributed by atoms with Crippen molar-refractivity contribution in [3.63, 3.8) is 0 Å². The normalized spacial score (nSPS) is 23.9. The zero-order valence-electron chi connectivity index (χ0n) is 11.2. The van der Waals surface area contributed by atoms with Gasteiger partial charge in [0.1, 0.15) is 22.0 Å². The number of aromatic amines is 1. The molecular weight excluding hydrogens is 278 g/mol. The number of nitrogens with one attached hydrogen (secondary N) is 2. The smallest absolute Gasteiger partial charge is 0.160 e. The molecule has 2 heterocycles. The molecule has 0 aliphatic heterocycles. The van der Waals surface area contributed by atoms with E-state index in [4.69, 9.17) is 0 Å². The van der Waals surface area contributed by atoms with Crippen LogP contribution in [-0.2, 0) is 9.84 Å². The predicted octanol–water partition coefficient (Wildman–Crippen LogP) is 1.12. The van der Waals surface area contributed by atoms with Crippen LogP contribution in [0.15, 0.2) is 12.5 Å². The summed E-state index contributed by atoms with van der Waals surface area (Å²) in [4.78, 5) is 8.31. The minimum absolute atomic E-state index is 0.122. The Morgan fingerprint density at radius 3 is 3.00 bits per heavy atom. The lowest BCUT2D eigenvalue weighted by Gasteiger charge is -2.29. The molecule has 1 aliphatic carbocycles. The van der Waals surface area contributed by atoms with Gasteiger partial charge in [-0.2, -0.15) is 5.10 Å². The van der Waals surface area contributed by atoms with E-state index in [2.05, 4.69) is 25.5 Å². The van der Waals surface area contributed by atoms with Crippen LogP contribution in [0.2, 0.25) is 0 Å². The van der Waals surface area contributed by atoms with Gasteiger partial charge < -0.3 is 5.32 Å². The van der Waals surface area contributed by atoms with E-state index in [0.29, 0.717) is 17.9 Å². The standard InChI is InChI=1S/C12H17N5O2S/c1-20(18,19)9-4-2-3-8(5-9)16-11-10-6-15-17-12(10)14-7-13-11/h6-9H,2-5H2,1H3,(H2,13,14,15,16,17). The third-order valence-corrected chi connectivity index (χ3v) is 5.46. The highest BCUT2D eigenvalue weighted by atomic mass is 32.2. The van der Waals surface area contributed by atoms with E-state index in [-0.39, 0.29) is 11.3 Å². The van der Waals surface area contributed by atoms with Crippen LogP contribution in [0.4, 0.5) is 5.82 Å². The van der Waals surface area contributed by atoms with Crippen molar-refractivity contribution < 1.29 is 8.42 Å². The molecule has 1 saturated carbocycles. The predicted molar refractivity (Wildman–Crippen MR) is 76.2 cm³/mol. The van der Waals surface area contributed by atoms with Gasteiger partial charge in [-0.15, -0.1) is 0 Å². The van der Waals surface area contributed by atoms with Crippen LogP contribution in [0, 0.1) is 0 Å². The Balaban J connectivity index is 1.79. The number of hydrogen-bond donors (Lipinski definition) is 2. The minimum Gasteiger partial charge on any atom is -0.367 e. The van der Waals surface area contributed by atoms with Gasteiger partial charge in [0, 0.05) is 12.3 Å². The molecule has 2 unspecified atom stereocenters. The van der Waals surface area contributed by atoms with Crippen molar-refractivity contribution in [3.8, 4) is 0 Å². The number of nitrogens with zero attached hydrogens (tertiary/aromatic N) is 3. The summed E-state index contributed by atoms with van der Waals surface area (Å²) in [5.41, 5.74) is 0.679. The van der Waals surface area contributed by atoms with Crippen LogP contribution >= 0.6 is 0 Å². The second-order valence-electron chi connectivity index (χ2n) is 5.31. The molecule has 1 fully saturated rings. The van der Waals surface area contributed by atoms with Crippen molar-refractivity contribution >= 4 is 26.7 Å². The Kier molecular flexibility index (Phi) is 3.33. The quantitative estimate of drug-likeness (QED) is 0.880. The summed E-state index contributed by atoms with van der Waals surface area (Å²) >= 11 is 0. The van der Waals surface area contributed by atoms with Crippen LogP contribution in [0.1, 0.15) is 25.7 Å². The van der Waals surface area contributed by atoms with Crippen molar-refractivity contribution in [3.05, 3.63) is 12.5 Å². The van der Waals surface area contributed by atoms with Crippen LogP contribution in [0.25, 0.3) is 11.0 Å². The first-order valence-corrected chi connectivity index (χ1v) is 8.59. The molecule has 20 heavy (non-hydrogen) atoms. The average Bonchev–Trinajstić information content (AvgIpc) is 2.87. The molecule has 2 aromatic heterocycles. The molecule has 108 valence electrons. The van der Waals surface area contributed by atoms with Crippen LogP contribution in [0.5, 0.6) is 0 Å². The molecule has 0 amide bonds. The monoisotopic (exact) mass is 295 g/mol. The average molecular weight is 295 g/mol. The van der Waals surface area contributed by atoms with Gasteiger partial charge >= 0.3 is 0 Å². The number of fused-ring (bicyclic) bond motifs is 1. The van der Waals surface area contributed by atoms with E-state index in [1.54, 1.807) is 6.20 Å². The number of anilines is 1. The fourth-order valence-electron chi connectivity index (χ4n) is 2.74. The molecule has 2 N–H and O–H groups in total. The highest BCUT2D eigenvalue weighted by Crippen LogP contribution is 2.27. The largest absolute Gasteiger partial charge is 0.367 e. The number of H-pyrrole nitrogens is 1. The lowest BCUT2D eigenvalue weighted by Crippen LogP contribution is -2.34. The lowest BCUT2D eigenvalue weighted by molar-refractivity contribution is 0.452. The maximum Gasteiger partial charge on any atom is 0.160 e. The molecule has 0 radical (unpaired) electrons. The van der Waals surface area contributed by atoms with Crippen molar-refractivity contribution in [1.29, 1.82) is 0 Å². The molecule has 0 bridgehead atoms. The Bertz CT molecular complexity index is 711. The van der Waals surface area contributed by atoms with Crippen molar-refractivity contribution in [1.82, 2.24) is 20.2 Å². The van der Waals surface area contributed by atoms with Gasteiger partial charge in [-0.05, 0) is 19.3 Å². The van der Waals surface area contributed by atoms with Gasteiger partial charge in [0.25, 0.3) is 0 Å². The van der Waals surface area contributed by atoms with Crippen molar-refractivity contribution in [2.75, 3.05) is 11.6 Å². The second kappa shape index (κ2) is 5.01. The Morgan fingerprint density at radius 1 is 1.35 bits per heavy atom. The molecule has 7 nitrogen and oxygen atoms in total. The molecular formula is C12H17N5O2S. The summed E-state index contributed by atoms with van der Waals surface area (Å²) in [5, 5.41) is 10.6. The SMILES string of the molecule is CS(=O)(=O)C1CCCC(Nc2ncnc3[nH]ncc23)C1. The molecule has 2 aromatic rings. The Hall–Kier alpha value is -1.70. The summed E-state index contributed by atoms with van der Waals surface area (Å²) in [6, 6.07) is 0.122. The fraction of sp³-hybridized carbons (Fsp3) is 0.583. The van der Waals surface area contributed by atoms with Gasteiger partial charge in [0.15, 0.2) is 5.65 Å². The topological polar surface area (TPSA) is 101 Å². The molecule has 2 atom stereocenters. The first-order valence-electron chi connectivity index (χ1n) is 6.63. The molecule has 3 rings (SSSR count). The van der Waals surface area contributed by atoms with E-state index < -0.39 is 9.84 Å². The van der Waals surface area contributed by atoms with E-state index in [9.17, 15) is 8.42 Å². The van der Waals surface area contributed by atoms with E-state index in [1.165, 1.54) is 12.6 Å². The maximum atomic E-state index is 11.7. The van der Waals surface area contributed by atoms with Gasteiger partial charge in [-0.25, -0.2) is 18.4 Å². The highest BCUT2D eigenvalue weighted by Gasteiger charge is 2.29. The zero-order chi connectivity index (χ0) is 14.2. The Labute approximate surface area is 117 Å². The molecule has 8 heteroatoms. The molecule has 0 spiro atoms. The van der Waals surface area contributed by atoms with Crippen LogP contribution < -0.4 is 5.32 Å². The second-order valence-corrected chi connectivity index (χ2v) is 7.64. The zero-order valence-corrected chi connectivity index (χ0v) is 12.0. The summed E-state index contributed by atoms with van der Waals surface area (Å²) in [6.45, 7) is 0. The number of rotatable bonds is 3. The number of aromatic nitrogens is 4. The van der Waals surface area contributed by atoms with Crippen LogP contribution in [0.3, 0.4) is 0 Å². The summed E-state index contributed by atoms with van der Waals surface area (Å²) in [5.74, 6) is 0.711. The molecule has 0 aromatic carbocycles. The van der Waals surface area contributed by atoms with Crippen molar-refractivity contribution in [2.24, 2.45) is 0 Å². The van der Waals surface area contributed by atoms with E-state index >= 15 is 0 Å². The van der Waals surface area contributed by atoms with Crippen molar-refractivity contribution in [2.45, 2.75) is 37.0 Å². The van der Waals surface area contributed by atoms with E-state index in [1.807, 2.05) is 0 Å². The lowest BCUT2D eigenvalue weighted by atomic mass is 9.95. The van der Waals surface area contributed by atoms with Gasteiger partial charge in [-0.1, -0.05) is 6.42 Å².